The Balaban J connectivity index is 1.37. The molecule has 6 aromatic rings. The molecule has 3 aromatic carbocycles. The number of carbonyl (C=O) groups is 2. The van der Waals surface area contributed by atoms with Gasteiger partial charge in [0.25, 0.3) is 5.91 Å². The zero-order valence-corrected chi connectivity index (χ0v) is 30.5. The Kier molecular flexibility index (Phi) is 8.68. The number of amides is 1. The third kappa shape index (κ3) is 5.43. The second kappa shape index (κ2) is 12.9. The first-order valence-corrected chi connectivity index (χ1v) is 17.5. The molecule has 1 amide bonds. The van der Waals surface area contributed by atoms with Crippen LogP contribution in [0.15, 0.2) is 48.5 Å². The first-order valence-electron chi connectivity index (χ1n) is 16.8. The average molecular weight is 713 g/mol. The number of aromatic carboxylic acids is 1. The van der Waals surface area contributed by atoms with E-state index in [9.17, 15) is 14.7 Å². The number of nitrogens with zero attached hydrogens (tertiary/aromatic N) is 5. The zero-order valence-electron chi connectivity index (χ0n) is 29.0. The highest BCUT2D eigenvalue weighted by molar-refractivity contribution is 6.35. The zero-order chi connectivity index (χ0) is 35.6. The maximum Gasteiger partial charge on any atom is 0.336 e. The normalized spacial score (nSPS) is 13.4. The number of halogens is 2. The van der Waals surface area contributed by atoms with Crippen LogP contribution in [0.4, 0.5) is 5.82 Å². The van der Waals surface area contributed by atoms with E-state index < -0.39 is 5.97 Å². The van der Waals surface area contributed by atoms with Crippen LogP contribution in [0.1, 0.15) is 61.8 Å². The van der Waals surface area contributed by atoms with Crippen molar-refractivity contribution in [2.75, 3.05) is 18.1 Å². The summed E-state index contributed by atoms with van der Waals surface area (Å²) in [5.41, 5.74) is 9.05. The van der Waals surface area contributed by atoms with Crippen LogP contribution in [0, 0.1) is 27.7 Å². The van der Waals surface area contributed by atoms with E-state index in [1.807, 2.05) is 87.4 Å². The molecule has 1 N–H and O–H groups in total. The third-order valence-corrected chi connectivity index (χ3v) is 11.0. The van der Waals surface area contributed by atoms with Crippen molar-refractivity contribution in [3.63, 3.8) is 0 Å². The summed E-state index contributed by atoms with van der Waals surface area (Å²) in [5.74, 6) is 0.273. The summed E-state index contributed by atoms with van der Waals surface area (Å²) >= 11 is 13.4. The molecule has 0 atom stereocenters. The van der Waals surface area contributed by atoms with Crippen LogP contribution >= 0.6 is 23.2 Å². The maximum atomic E-state index is 15.0. The molecular formula is C39H39Cl2N5O4. The molecule has 3 aromatic heterocycles. The molecule has 0 bridgehead atoms. The van der Waals surface area contributed by atoms with Gasteiger partial charge in [-0.3, -0.25) is 14.4 Å². The van der Waals surface area contributed by atoms with Crippen LogP contribution < -0.4 is 9.64 Å². The fourth-order valence-corrected chi connectivity index (χ4v) is 8.00. The van der Waals surface area contributed by atoms with Crippen molar-refractivity contribution in [1.82, 2.24) is 18.9 Å². The number of carboxylic acid groups (broad SMARTS) is 1. The molecule has 11 heteroatoms. The van der Waals surface area contributed by atoms with Crippen molar-refractivity contribution in [1.29, 1.82) is 0 Å². The van der Waals surface area contributed by atoms with Crippen molar-refractivity contribution in [3.05, 3.63) is 97.9 Å². The van der Waals surface area contributed by atoms with Crippen molar-refractivity contribution in [2.24, 2.45) is 14.1 Å². The number of hydrogen-bond acceptors (Lipinski definition) is 4. The molecule has 0 saturated heterocycles. The Morgan fingerprint density at radius 3 is 2.38 bits per heavy atom. The fourth-order valence-electron chi connectivity index (χ4n) is 7.64. The predicted octanol–water partition coefficient (Wildman–Crippen LogP) is 8.83. The molecular weight excluding hydrogens is 673 g/mol. The second-order valence-corrected chi connectivity index (χ2v) is 14.0. The van der Waals surface area contributed by atoms with E-state index in [-0.39, 0.29) is 11.5 Å². The van der Waals surface area contributed by atoms with Gasteiger partial charge in [-0.25, -0.2) is 4.79 Å². The van der Waals surface area contributed by atoms with Crippen molar-refractivity contribution < 1.29 is 19.4 Å². The van der Waals surface area contributed by atoms with Crippen LogP contribution in [-0.2, 0) is 27.1 Å². The lowest BCUT2D eigenvalue weighted by molar-refractivity contribution is 0.0698. The van der Waals surface area contributed by atoms with Crippen molar-refractivity contribution >= 4 is 62.7 Å². The molecule has 0 fully saturated rings. The van der Waals surface area contributed by atoms with Gasteiger partial charge < -0.3 is 19.0 Å². The van der Waals surface area contributed by atoms with Gasteiger partial charge in [-0.2, -0.15) is 5.10 Å². The molecule has 4 heterocycles. The summed E-state index contributed by atoms with van der Waals surface area (Å²) < 4.78 is 12.1. The number of anilines is 1. The Labute approximate surface area is 300 Å². The molecule has 0 unspecified atom stereocenters. The monoisotopic (exact) mass is 711 g/mol. The Morgan fingerprint density at radius 1 is 0.960 bits per heavy atom. The van der Waals surface area contributed by atoms with Crippen LogP contribution in [0.2, 0.25) is 10.0 Å². The number of ether oxygens (including phenoxy) is 1. The fraction of sp³-hybridized carbons (Fsp3) is 0.308. The number of fused-ring (bicyclic) bond motifs is 4. The predicted molar refractivity (Wildman–Crippen MR) is 200 cm³/mol. The van der Waals surface area contributed by atoms with Gasteiger partial charge in [0.1, 0.15) is 17.3 Å². The highest BCUT2D eigenvalue weighted by Gasteiger charge is 2.33. The van der Waals surface area contributed by atoms with E-state index in [4.69, 9.17) is 33.0 Å². The van der Waals surface area contributed by atoms with Gasteiger partial charge in [-0.1, -0.05) is 35.3 Å². The highest BCUT2D eigenvalue weighted by Crippen LogP contribution is 2.43. The van der Waals surface area contributed by atoms with Crippen LogP contribution in [0.3, 0.4) is 0 Å². The number of benzene rings is 3. The molecule has 258 valence electrons. The highest BCUT2D eigenvalue weighted by atomic mass is 35.5. The minimum absolute atomic E-state index is 0.136. The Bertz CT molecular complexity index is 2340. The lowest BCUT2D eigenvalue weighted by atomic mass is 9.98. The standard InChI is InChI=1S/C39H39Cl2N5O4/c1-21-18-25(19-22(2)35(21)41)50-17-8-11-26-27-13-14-30(40)34(33-23(3)42-44(6)24(33)4)36(27)46-16-9-15-45(38(47)37(26)46)32-20-29-28(39(48)49)10-7-12-31(29)43(32)5/h7,10,12-14,18-20H,8-9,11,15-17H2,1-6H3,(H,48,49). The Hall–Kier alpha value is -4.73. The summed E-state index contributed by atoms with van der Waals surface area (Å²) in [5, 5.41) is 17.5. The van der Waals surface area contributed by atoms with Crippen molar-refractivity contribution in [3.8, 4) is 16.9 Å². The molecule has 0 spiro atoms. The summed E-state index contributed by atoms with van der Waals surface area (Å²) in [7, 11) is 3.80. The third-order valence-electron chi connectivity index (χ3n) is 10.1. The van der Waals surface area contributed by atoms with Gasteiger partial charge in [0.05, 0.1) is 33.9 Å². The van der Waals surface area contributed by atoms with E-state index in [2.05, 4.69) is 4.57 Å². The molecule has 9 nitrogen and oxygen atoms in total. The minimum atomic E-state index is -1.01. The number of hydrogen-bond donors (Lipinski definition) is 1. The molecule has 0 saturated carbocycles. The van der Waals surface area contributed by atoms with Gasteiger partial charge in [0.2, 0.25) is 0 Å². The maximum absolute atomic E-state index is 15.0. The topological polar surface area (TPSA) is 94.5 Å². The van der Waals surface area contributed by atoms with Crippen LogP contribution in [-0.4, -0.2) is 49.0 Å². The molecule has 1 aliphatic rings. The van der Waals surface area contributed by atoms with Crippen LogP contribution in [0.25, 0.3) is 32.9 Å². The van der Waals surface area contributed by atoms with E-state index in [1.54, 1.807) is 17.0 Å². The molecule has 7 rings (SSSR count). The van der Waals surface area contributed by atoms with Gasteiger partial charge in [-0.05, 0) is 100 Å². The summed E-state index contributed by atoms with van der Waals surface area (Å²) in [4.78, 5) is 28.9. The lowest BCUT2D eigenvalue weighted by Gasteiger charge is -2.21. The molecule has 50 heavy (non-hydrogen) atoms. The van der Waals surface area contributed by atoms with E-state index in [0.717, 1.165) is 66.4 Å². The smallest absolute Gasteiger partial charge is 0.336 e. The van der Waals surface area contributed by atoms with E-state index in [1.165, 1.54) is 0 Å². The van der Waals surface area contributed by atoms with Gasteiger partial charge in [-0.15, -0.1) is 0 Å². The summed E-state index contributed by atoms with van der Waals surface area (Å²) in [6.45, 7) is 9.47. The average Bonchev–Trinajstić information content (AvgIpc) is 3.62. The minimum Gasteiger partial charge on any atom is -0.494 e. The van der Waals surface area contributed by atoms with Crippen LogP contribution in [0.5, 0.6) is 5.75 Å². The molecule has 1 aliphatic heterocycles. The van der Waals surface area contributed by atoms with Gasteiger partial charge in [0.15, 0.2) is 0 Å². The van der Waals surface area contributed by atoms with Gasteiger partial charge in [0, 0.05) is 59.8 Å². The number of aromatic nitrogens is 4. The second-order valence-electron chi connectivity index (χ2n) is 13.2. The number of rotatable bonds is 8. The quantitative estimate of drug-likeness (QED) is 0.159. The first-order chi connectivity index (χ1) is 23.9. The molecule has 0 aliphatic carbocycles. The van der Waals surface area contributed by atoms with Crippen molar-refractivity contribution in [2.45, 2.75) is 53.5 Å². The first kappa shape index (κ1) is 33.8. The largest absolute Gasteiger partial charge is 0.494 e. The van der Waals surface area contributed by atoms with E-state index >= 15 is 0 Å². The van der Waals surface area contributed by atoms with Gasteiger partial charge >= 0.3 is 5.97 Å². The number of carbonyl (C=O) groups excluding carboxylic acids is 1. The molecule has 0 radical (unpaired) electrons. The SMILES string of the molecule is Cc1cc(OCCCc2c3n(c4c(-c5c(C)nn(C)c5C)c(Cl)ccc24)CCCN(c2cc4c(C(=O)O)cccc4n2C)C3=O)cc(C)c1Cl. The van der Waals surface area contributed by atoms with E-state index in [0.29, 0.717) is 60.9 Å². The lowest BCUT2D eigenvalue weighted by Crippen LogP contribution is -2.33. The number of carboxylic acids is 1. The summed E-state index contributed by atoms with van der Waals surface area (Å²) in [6, 6.07) is 14.9. The Morgan fingerprint density at radius 2 is 1.70 bits per heavy atom. The summed E-state index contributed by atoms with van der Waals surface area (Å²) in [6.07, 6.45) is 1.94. The number of aryl methyl sites for hydroxylation is 7.